The second-order valence-corrected chi connectivity index (χ2v) is 1.68. The van der Waals surface area contributed by atoms with E-state index in [4.69, 9.17) is 10.00 Å². The Balaban J connectivity index is 2.52. The molecule has 0 saturated heterocycles. The highest BCUT2D eigenvalue weighted by Gasteiger charge is 1.86. The lowest BCUT2D eigenvalue weighted by molar-refractivity contribution is 0.368. The molecular weight excluding hydrogens is 126 g/mol. The van der Waals surface area contributed by atoms with E-state index in [0.29, 0.717) is 5.75 Å². The van der Waals surface area contributed by atoms with Gasteiger partial charge in [-0.05, 0) is 18.2 Å². The Hall–Kier alpha value is -1.49. The molecule has 0 unspecified atom stereocenters. The van der Waals surface area contributed by atoms with Crippen LogP contribution in [0.25, 0.3) is 0 Å². The Kier molecular flexibility index (Phi) is 2.33. The Labute approximate surface area is 59.7 Å². The number of nitriles is 1. The molecule has 1 rings (SSSR count). The lowest BCUT2D eigenvalue weighted by Gasteiger charge is -1.97. The van der Waals surface area contributed by atoms with Crippen LogP contribution in [-0.4, -0.2) is 6.61 Å². The minimum absolute atomic E-state index is 0.101. The smallest absolute Gasteiger partial charge is 0.174 e. The van der Waals surface area contributed by atoms with Crippen molar-refractivity contribution in [2.45, 2.75) is 0 Å². The Morgan fingerprint density at radius 3 is 2.80 bits per heavy atom. The molecule has 0 bridgehead atoms. The van der Waals surface area contributed by atoms with Crippen LogP contribution in [0.1, 0.15) is 0 Å². The van der Waals surface area contributed by atoms with Crippen LogP contribution in [0.3, 0.4) is 0 Å². The number of benzene rings is 1. The molecule has 0 amide bonds. The molecule has 0 N–H and O–H groups in total. The molecule has 0 aliphatic heterocycles. The minimum atomic E-state index is 0.101. The number of hydrogen-bond donors (Lipinski definition) is 0. The zero-order chi connectivity index (χ0) is 7.23. The van der Waals surface area contributed by atoms with Gasteiger partial charge in [0.15, 0.2) is 6.61 Å². The first kappa shape index (κ1) is 6.63. The standard InChI is InChI=1S/C8H6NO/c9-6-7-10-8-4-2-1-3-5-8/h2-5H,7H2. The van der Waals surface area contributed by atoms with E-state index in [9.17, 15) is 0 Å². The predicted octanol–water partition coefficient (Wildman–Crippen LogP) is 1.39. The molecule has 0 atom stereocenters. The first-order chi connectivity index (χ1) is 4.93. The van der Waals surface area contributed by atoms with Gasteiger partial charge in [0, 0.05) is 0 Å². The molecule has 1 aromatic carbocycles. The van der Waals surface area contributed by atoms with Crippen molar-refractivity contribution in [3.63, 3.8) is 0 Å². The van der Waals surface area contributed by atoms with Crippen LogP contribution in [0.2, 0.25) is 0 Å². The van der Waals surface area contributed by atoms with Crippen LogP contribution in [0.5, 0.6) is 5.75 Å². The second-order valence-electron chi connectivity index (χ2n) is 1.68. The number of hydrogen-bond acceptors (Lipinski definition) is 2. The zero-order valence-electron chi connectivity index (χ0n) is 5.37. The fourth-order valence-corrected chi connectivity index (χ4v) is 0.583. The van der Waals surface area contributed by atoms with E-state index in [2.05, 4.69) is 6.07 Å². The molecule has 1 aromatic rings. The van der Waals surface area contributed by atoms with E-state index in [1.165, 1.54) is 0 Å². The molecular formula is C8H6NO. The lowest BCUT2D eigenvalue weighted by atomic mass is 10.3. The molecule has 49 valence electrons. The summed E-state index contributed by atoms with van der Waals surface area (Å²) in [5, 5.41) is 8.14. The van der Waals surface area contributed by atoms with Crippen molar-refractivity contribution < 1.29 is 4.74 Å². The van der Waals surface area contributed by atoms with E-state index in [1.807, 2.05) is 6.07 Å². The summed E-state index contributed by atoms with van der Waals surface area (Å²) in [6, 6.07) is 11.7. The van der Waals surface area contributed by atoms with Gasteiger partial charge in [-0.15, -0.1) is 0 Å². The fourth-order valence-electron chi connectivity index (χ4n) is 0.583. The average Bonchev–Trinajstić information content (AvgIpc) is 2.03. The van der Waals surface area contributed by atoms with E-state index in [0.717, 1.165) is 0 Å². The normalized spacial score (nSPS) is 8.30. The quantitative estimate of drug-likeness (QED) is 0.609. The van der Waals surface area contributed by atoms with Gasteiger partial charge in [-0.1, -0.05) is 12.1 Å². The molecule has 0 fully saturated rings. The SMILES string of the molecule is N#CCOc1cc[c]cc1. The zero-order valence-corrected chi connectivity index (χ0v) is 5.37. The van der Waals surface area contributed by atoms with E-state index in [-0.39, 0.29) is 6.61 Å². The third-order valence-corrected chi connectivity index (χ3v) is 0.991. The molecule has 0 aliphatic carbocycles. The van der Waals surface area contributed by atoms with Gasteiger partial charge in [0.2, 0.25) is 0 Å². The summed E-state index contributed by atoms with van der Waals surface area (Å²) in [6.07, 6.45) is 0. The average molecular weight is 132 g/mol. The molecule has 2 nitrogen and oxygen atoms in total. The van der Waals surface area contributed by atoms with Crippen LogP contribution in [0, 0.1) is 17.4 Å². The highest BCUT2D eigenvalue weighted by atomic mass is 16.5. The maximum atomic E-state index is 8.14. The van der Waals surface area contributed by atoms with Gasteiger partial charge < -0.3 is 4.74 Å². The largest absolute Gasteiger partial charge is 0.479 e. The van der Waals surface area contributed by atoms with Crippen molar-refractivity contribution in [2.24, 2.45) is 0 Å². The highest BCUT2D eigenvalue weighted by Crippen LogP contribution is 2.06. The van der Waals surface area contributed by atoms with Crippen LogP contribution in [0.4, 0.5) is 0 Å². The monoisotopic (exact) mass is 132 g/mol. The molecule has 1 radical (unpaired) electrons. The van der Waals surface area contributed by atoms with Crippen LogP contribution in [0.15, 0.2) is 24.3 Å². The molecule has 0 saturated carbocycles. The molecule has 0 aromatic heterocycles. The fraction of sp³-hybridized carbons (Fsp3) is 0.125. The van der Waals surface area contributed by atoms with Gasteiger partial charge in [0.1, 0.15) is 11.8 Å². The lowest BCUT2D eigenvalue weighted by Crippen LogP contribution is -1.91. The van der Waals surface area contributed by atoms with Gasteiger partial charge in [0.05, 0.1) is 0 Å². The van der Waals surface area contributed by atoms with Gasteiger partial charge in [-0.25, -0.2) is 0 Å². The van der Waals surface area contributed by atoms with Gasteiger partial charge in [-0.2, -0.15) is 5.26 Å². The molecule has 10 heavy (non-hydrogen) atoms. The second kappa shape index (κ2) is 3.52. The topological polar surface area (TPSA) is 33.0 Å². The van der Waals surface area contributed by atoms with Crippen molar-refractivity contribution >= 4 is 0 Å². The maximum absolute atomic E-state index is 8.14. The van der Waals surface area contributed by atoms with Crippen molar-refractivity contribution in [3.05, 3.63) is 30.3 Å². The van der Waals surface area contributed by atoms with Crippen LogP contribution in [-0.2, 0) is 0 Å². The van der Waals surface area contributed by atoms with Gasteiger partial charge >= 0.3 is 0 Å². The molecule has 0 spiro atoms. The molecule has 0 heterocycles. The molecule has 0 aliphatic rings. The summed E-state index contributed by atoms with van der Waals surface area (Å²) in [4.78, 5) is 0. The first-order valence-corrected chi connectivity index (χ1v) is 2.89. The Morgan fingerprint density at radius 2 is 2.20 bits per heavy atom. The third-order valence-electron chi connectivity index (χ3n) is 0.991. The third kappa shape index (κ3) is 1.79. The van der Waals surface area contributed by atoms with Crippen molar-refractivity contribution in [1.82, 2.24) is 0 Å². The van der Waals surface area contributed by atoms with Crippen LogP contribution < -0.4 is 4.74 Å². The van der Waals surface area contributed by atoms with Gasteiger partial charge in [0.25, 0.3) is 0 Å². The minimum Gasteiger partial charge on any atom is -0.479 e. The van der Waals surface area contributed by atoms with Crippen molar-refractivity contribution in [2.75, 3.05) is 6.61 Å². The number of ether oxygens (including phenoxy) is 1. The summed E-state index contributed by atoms with van der Waals surface area (Å²) in [6.45, 7) is 0.101. The summed E-state index contributed by atoms with van der Waals surface area (Å²) in [5.41, 5.74) is 0. The van der Waals surface area contributed by atoms with E-state index < -0.39 is 0 Å². The first-order valence-electron chi connectivity index (χ1n) is 2.89. The van der Waals surface area contributed by atoms with Crippen molar-refractivity contribution in [3.8, 4) is 11.8 Å². The summed E-state index contributed by atoms with van der Waals surface area (Å²) in [5.74, 6) is 0.709. The molecule has 2 heteroatoms. The van der Waals surface area contributed by atoms with Crippen molar-refractivity contribution in [1.29, 1.82) is 5.26 Å². The summed E-state index contributed by atoms with van der Waals surface area (Å²) >= 11 is 0. The highest BCUT2D eigenvalue weighted by molar-refractivity contribution is 5.20. The van der Waals surface area contributed by atoms with Crippen LogP contribution >= 0.6 is 0 Å². The number of nitrogens with zero attached hydrogens (tertiary/aromatic N) is 1. The Bertz CT molecular complexity index is 225. The summed E-state index contributed by atoms with van der Waals surface area (Å²) in [7, 11) is 0. The van der Waals surface area contributed by atoms with Gasteiger partial charge in [-0.3, -0.25) is 0 Å². The van der Waals surface area contributed by atoms with E-state index >= 15 is 0 Å². The predicted molar refractivity (Wildman–Crippen MR) is 36.4 cm³/mol. The summed E-state index contributed by atoms with van der Waals surface area (Å²) < 4.78 is 4.97. The van der Waals surface area contributed by atoms with E-state index in [1.54, 1.807) is 24.3 Å². The Morgan fingerprint density at radius 1 is 1.50 bits per heavy atom. The maximum Gasteiger partial charge on any atom is 0.174 e. The number of rotatable bonds is 2.